The van der Waals surface area contributed by atoms with E-state index >= 15 is 0 Å². The third-order valence-corrected chi connectivity index (χ3v) is 3.39. The molecule has 19 heavy (non-hydrogen) atoms. The molecule has 0 heterocycles. The number of nitrogens with one attached hydrogen (secondary N) is 2. The lowest BCUT2D eigenvalue weighted by atomic mass is 10.2. The van der Waals surface area contributed by atoms with Gasteiger partial charge in [0.05, 0.1) is 10.7 Å². The molecular weight excluding hydrogens is 279 g/mol. The standard InChI is InChI=1S/C15H16Cl2N2/c1-11-6-7-12(16)10-15(11)19-9-8-18-14-5-3-2-4-13(14)17/h2-7,10,18-19H,8-9H2,1H3. The number of hydrogen-bond acceptors (Lipinski definition) is 2. The summed E-state index contributed by atoms with van der Waals surface area (Å²) in [5, 5.41) is 8.12. The van der Waals surface area contributed by atoms with Gasteiger partial charge < -0.3 is 10.6 Å². The Morgan fingerprint density at radius 2 is 1.58 bits per heavy atom. The fraction of sp³-hybridized carbons (Fsp3) is 0.200. The van der Waals surface area contributed by atoms with Gasteiger partial charge in [0.15, 0.2) is 0 Å². The van der Waals surface area contributed by atoms with Crippen molar-refractivity contribution >= 4 is 34.6 Å². The molecule has 0 spiro atoms. The summed E-state index contributed by atoms with van der Waals surface area (Å²) in [4.78, 5) is 0. The van der Waals surface area contributed by atoms with Crippen LogP contribution in [0.3, 0.4) is 0 Å². The summed E-state index contributed by atoms with van der Waals surface area (Å²) in [6.07, 6.45) is 0. The van der Waals surface area contributed by atoms with Crippen LogP contribution in [0.4, 0.5) is 11.4 Å². The van der Waals surface area contributed by atoms with Gasteiger partial charge in [-0.3, -0.25) is 0 Å². The summed E-state index contributed by atoms with van der Waals surface area (Å²) in [6.45, 7) is 3.64. The van der Waals surface area contributed by atoms with Crippen molar-refractivity contribution in [1.82, 2.24) is 0 Å². The van der Waals surface area contributed by atoms with Gasteiger partial charge in [-0.05, 0) is 36.8 Å². The Morgan fingerprint density at radius 3 is 2.32 bits per heavy atom. The number of anilines is 2. The molecular formula is C15H16Cl2N2. The molecule has 0 aromatic heterocycles. The highest BCUT2D eigenvalue weighted by molar-refractivity contribution is 6.33. The van der Waals surface area contributed by atoms with E-state index in [2.05, 4.69) is 17.6 Å². The molecule has 2 aromatic rings. The van der Waals surface area contributed by atoms with E-state index in [0.717, 1.165) is 34.5 Å². The minimum absolute atomic E-state index is 0.737. The Hall–Kier alpha value is -1.38. The van der Waals surface area contributed by atoms with Crippen LogP contribution in [-0.4, -0.2) is 13.1 Å². The van der Waals surface area contributed by atoms with Crippen molar-refractivity contribution in [3.63, 3.8) is 0 Å². The molecule has 0 fully saturated rings. The molecule has 2 rings (SSSR count). The molecule has 2 nitrogen and oxygen atoms in total. The number of halogens is 2. The number of hydrogen-bond donors (Lipinski definition) is 2. The molecule has 0 unspecified atom stereocenters. The van der Waals surface area contributed by atoms with E-state index in [-0.39, 0.29) is 0 Å². The molecule has 2 N–H and O–H groups in total. The predicted octanol–water partition coefficient (Wildman–Crippen LogP) is 4.83. The first-order chi connectivity index (χ1) is 9.16. The molecule has 0 saturated heterocycles. The van der Waals surface area contributed by atoms with Gasteiger partial charge in [-0.25, -0.2) is 0 Å². The highest BCUT2D eigenvalue weighted by Crippen LogP contribution is 2.21. The molecule has 0 radical (unpaired) electrons. The van der Waals surface area contributed by atoms with E-state index in [9.17, 15) is 0 Å². The van der Waals surface area contributed by atoms with Gasteiger partial charge in [-0.1, -0.05) is 41.4 Å². The Morgan fingerprint density at radius 1 is 0.895 bits per heavy atom. The average molecular weight is 295 g/mol. The highest BCUT2D eigenvalue weighted by atomic mass is 35.5. The number of benzene rings is 2. The van der Waals surface area contributed by atoms with Crippen LogP contribution in [0.25, 0.3) is 0 Å². The van der Waals surface area contributed by atoms with E-state index < -0.39 is 0 Å². The van der Waals surface area contributed by atoms with Crippen LogP contribution >= 0.6 is 23.2 Å². The first-order valence-electron chi connectivity index (χ1n) is 6.15. The summed E-state index contributed by atoms with van der Waals surface area (Å²) in [6, 6.07) is 13.6. The van der Waals surface area contributed by atoms with E-state index in [0.29, 0.717) is 0 Å². The van der Waals surface area contributed by atoms with Crippen molar-refractivity contribution in [3.8, 4) is 0 Å². The highest BCUT2D eigenvalue weighted by Gasteiger charge is 2.00. The van der Waals surface area contributed by atoms with Crippen LogP contribution in [0.1, 0.15) is 5.56 Å². The predicted molar refractivity (Wildman–Crippen MR) is 84.6 cm³/mol. The van der Waals surface area contributed by atoms with Gasteiger partial charge in [0.1, 0.15) is 0 Å². The lowest BCUT2D eigenvalue weighted by molar-refractivity contribution is 1.07. The number of rotatable bonds is 5. The molecule has 4 heteroatoms. The summed E-state index contributed by atoms with van der Waals surface area (Å²) in [5.41, 5.74) is 3.20. The van der Waals surface area contributed by atoms with Crippen molar-refractivity contribution in [1.29, 1.82) is 0 Å². The van der Waals surface area contributed by atoms with Gasteiger partial charge in [0, 0.05) is 23.8 Å². The fourth-order valence-corrected chi connectivity index (χ4v) is 2.16. The van der Waals surface area contributed by atoms with Crippen LogP contribution in [0.2, 0.25) is 10.0 Å². The Labute approximate surface area is 123 Å². The smallest absolute Gasteiger partial charge is 0.0637 e. The zero-order valence-corrected chi connectivity index (χ0v) is 12.2. The minimum atomic E-state index is 0.737. The second kappa shape index (κ2) is 6.69. The third kappa shape index (κ3) is 4.05. The van der Waals surface area contributed by atoms with Crippen LogP contribution in [0.15, 0.2) is 42.5 Å². The van der Waals surface area contributed by atoms with E-state index in [1.165, 1.54) is 5.56 Å². The number of para-hydroxylation sites is 1. The lowest BCUT2D eigenvalue weighted by Gasteiger charge is -2.12. The molecule has 0 aliphatic carbocycles. The summed E-state index contributed by atoms with van der Waals surface area (Å²) in [7, 11) is 0. The maximum absolute atomic E-state index is 6.07. The normalized spacial score (nSPS) is 10.3. The zero-order valence-electron chi connectivity index (χ0n) is 10.7. The van der Waals surface area contributed by atoms with E-state index in [1.54, 1.807) is 0 Å². The van der Waals surface area contributed by atoms with Gasteiger partial charge in [-0.2, -0.15) is 0 Å². The molecule has 0 saturated carbocycles. The van der Waals surface area contributed by atoms with Gasteiger partial charge in [0.25, 0.3) is 0 Å². The zero-order chi connectivity index (χ0) is 13.7. The van der Waals surface area contributed by atoms with Gasteiger partial charge in [0.2, 0.25) is 0 Å². The first-order valence-corrected chi connectivity index (χ1v) is 6.91. The van der Waals surface area contributed by atoms with Gasteiger partial charge >= 0.3 is 0 Å². The first kappa shape index (κ1) is 14.0. The molecule has 0 atom stereocenters. The Balaban J connectivity index is 1.84. The largest absolute Gasteiger partial charge is 0.383 e. The van der Waals surface area contributed by atoms with Crippen molar-refractivity contribution in [2.24, 2.45) is 0 Å². The quantitative estimate of drug-likeness (QED) is 0.772. The monoisotopic (exact) mass is 294 g/mol. The van der Waals surface area contributed by atoms with Crippen molar-refractivity contribution < 1.29 is 0 Å². The molecule has 2 aromatic carbocycles. The van der Waals surface area contributed by atoms with Crippen LogP contribution < -0.4 is 10.6 Å². The Bertz CT molecular complexity index is 556. The second-order valence-electron chi connectivity index (χ2n) is 4.29. The fourth-order valence-electron chi connectivity index (χ4n) is 1.78. The SMILES string of the molecule is Cc1ccc(Cl)cc1NCCNc1ccccc1Cl. The molecule has 0 bridgehead atoms. The molecule has 0 aliphatic rings. The van der Waals surface area contributed by atoms with Gasteiger partial charge in [-0.15, -0.1) is 0 Å². The summed E-state index contributed by atoms with van der Waals surface area (Å²) < 4.78 is 0. The van der Waals surface area contributed by atoms with Crippen LogP contribution in [0, 0.1) is 6.92 Å². The summed E-state index contributed by atoms with van der Waals surface area (Å²) >= 11 is 12.0. The molecule has 0 amide bonds. The lowest BCUT2D eigenvalue weighted by Crippen LogP contribution is -2.14. The van der Waals surface area contributed by atoms with Crippen molar-refractivity contribution in [3.05, 3.63) is 58.1 Å². The van der Waals surface area contributed by atoms with Crippen LogP contribution in [-0.2, 0) is 0 Å². The van der Waals surface area contributed by atoms with E-state index in [4.69, 9.17) is 23.2 Å². The molecule has 100 valence electrons. The van der Waals surface area contributed by atoms with Crippen molar-refractivity contribution in [2.45, 2.75) is 6.92 Å². The third-order valence-electron chi connectivity index (χ3n) is 2.83. The molecule has 0 aliphatic heterocycles. The average Bonchev–Trinajstić information content (AvgIpc) is 2.40. The Kier molecular flexibility index (Phi) is 4.94. The van der Waals surface area contributed by atoms with Crippen LogP contribution in [0.5, 0.6) is 0 Å². The summed E-state index contributed by atoms with van der Waals surface area (Å²) in [5.74, 6) is 0. The minimum Gasteiger partial charge on any atom is -0.383 e. The maximum atomic E-state index is 6.07. The maximum Gasteiger partial charge on any atom is 0.0637 e. The number of aryl methyl sites for hydroxylation is 1. The second-order valence-corrected chi connectivity index (χ2v) is 5.14. The van der Waals surface area contributed by atoms with Crippen molar-refractivity contribution in [2.75, 3.05) is 23.7 Å². The van der Waals surface area contributed by atoms with E-state index in [1.807, 2.05) is 42.5 Å². The topological polar surface area (TPSA) is 24.1 Å².